The first-order valence-electron chi connectivity index (χ1n) is 7.57. The number of hydrogen-bond donors (Lipinski definition) is 1. The van der Waals surface area contributed by atoms with E-state index in [0.29, 0.717) is 19.4 Å². The van der Waals surface area contributed by atoms with Gasteiger partial charge in [0.25, 0.3) is 0 Å². The van der Waals surface area contributed by atoms with E-state index in [0.717, 1.165) is 18.9 Å². The van der Waals surface area contributed by atoms with Crippen molar-refractivity contribution in [1.29, 1.82) is 0 Å². The lowest BCUT2D eigenvalue weighted by atomic mass is 9.68. The van der Waals surface area contributed by atoms with E-state index in [4.69, 9.17) is 4.74 Å². The Labute approximate surface area is 125 Å². The van der Waals surface area contributed by atoms with Gasteiger partial charge >= 0.3 is 0 Å². The first-order valence-corrected chi connectivity index (χ1v) is 7.57. The van der Waals surface area contributed by atoms with Crippen molar-refractivity contribution in [2.45, 2.75) is 58.2 Å². The van der Waals surface area contributed by atoms with Crippen LogP contribution in [0.25, 0.3) is 0 Å². The Bertz CT molecular complexity index is 490. The van der Waals surface area contributed by atoms with Crippen LogP contribution in [-0.4, -0.2) is 17.3 Å². The third-order valence-corrected chi connectivity index (χ3v) is 4.66. The van der Waals surface area contributed by atoms with Crippen LogP contribution in [0.15, 0.2) is 18.2 Å². The van der Waals surface area contributed by atoms with Crippen molar-refractivity contribution in [3.05, 3.63) is 35.4 Å². The predicted molar refractivity (Wildman–Crippen MR) is 77.9 cm³/mol. The number of benzene rings is 1. The number of rotatable bonds is 4. The van der Waals surface area contributed by atoms with Crippen LogP contribution < -0.4 is 0 Å². The zero-order valence-electron chi connectivity index (χ0n) is 13.0. The Hall–Kier alpha value is -1.00. The minimum absolute atomic E-state index is 0.0110. The molecule has 0 amide bonds. The summed E-state index contributed by atoms with van der Waals surface area (Å²) in [6.45, 7) is 6.65. The molecule has 1 aliphatic carbocycles. The Balaban J connectivity index is 2.32. The number of aliphatic hydroxyl groups excluding tert-OH is 1. The lowest BCUT2D eigenvalue weighted by Gasteiger charge is -2.46. The molecule has 21 heavy (non-hydrogen) atoms. The van der Waals surface area contributed by atoms with Gasteiger partial charge in [-0.05, 0) is 44.1 Å². The molecule has 1 aromatic carbocycles. The van der Waals surface area contributed by atoms with Crippen molar-refractivity contribution in [2.24, 2.45) is 5.41 Å². The summed E-state index contributed by atoms with van der Waals surface area (Å²) in [6.07, 6.45) is 1.92. The Kier molecular flexibility index (Phi) is 4.69. The largest absolute Gasteiger partial charge is 0.385 e. The molecule has 0 saturated heterocycles. The lowest BCUT2D eigenvalue weighted by Crippen LogP contribution is -2.45. The van der Waals surface area contributed by atoms with Crippen LogP contribution in [0.1, 0.15) is 58.1 Å². The van der Waals surface area contributed by atoms with E-state index < -0.39 is 23.3 Å². The smallest absolute Gasteiger partial charge is 0.164 e. The van der Waals surface area contributed by atoms with Gasteiger partial charge in [-0.25, -0.2) is 8.78 Å². The average Bonchev–Trinajstić information content (AvgIpc) is 2.44. The molecule has 0 spiro atoms. The van der Waals surface area contributed by atoms with Gasteiger partial charge < -0.3 is 9.84 Å². The second kappa shape index (κ2) is 6.01. The molecule has 2 nitrogen and oxygen atoms in total. The summed E-state index contributed by atoms with van der Waals surface area (Å²) >= 11 is 0. The van der Waals surface area contributed by atoms with Crippen molar-refractivity contribution in [3.63, 3.8) is 0 Å². The fraction of sp³-hybridized carbons (Fsp3) is 0.647. The highest BCUT2D eigenvalue weighted by atomic mass is 19.2. The van der Waals surface area contributed by atoms with E-state index in [9.17, 15) is 13.9 Å². The Morgan fingerprint density at radius 1 is 1.19 bits per heavy atom. The van der Waals surface area contributed by atoms with Gasteiger partial charge in [0, 0.05) is 12.2 Å². The van der Waals surface area contributed by atoms with Gasteiger partial charge in [-0.15, -0.1) is 0 Å². The molecule has 1 atom stereocenters. The minimum Gasteiger partial charge on any atom is -0.385 e. The molecule has 1 aromatic rings. The lowest BCUT2D eigenvalue weighted by molar-refractivity contribution is -0.154. The number of hydrogen-bond acceptors (Lipinski definition) is 2. The molecule has 1 saturated carbocycles. The van der Waals surface area contributed by atoms with E-state index in [2.05, 4.69) is 13.8 Å². The molecule has 0 aromatic heterocycles. The van der Waals surface area contributed by atoms with Crippen molar-refractivity contribution in [1.82, 2.24) is 0 Å². The molecule has 0 radical (unpaired) electrons. The van der Waals surface area contributed by atoms with E-state index >= 15 is 0 Å². The van der Waals surface area contributed by atoms with Gasteiger partial charge in [0.2, 0.25) is 0 Å². The maximum Gasteiger partial charge on any atom is 0.164 e. The second-order valence-electron chi connectivity index (χ2n) is 6.71. The Morgan fingerprint density at radius 2 is 1.81 bits per heavy atom. The molecular weight excluding hydrogens is 274 g/mol. The van der Waals surface area contributed by atoms with E-state index in [1.54, 1.807) is 0 Å². The number of ether oxygens (including phenoxy) is 1. The average molecular weight is 298 g/mol. The molecule has 2 rings (SSSR count). The van der Waals surface area contributed by atoms with Crippen LogP contribution in [-0.2, 0) is 4.74 Å². The van der Waals surface area contributed by atoms with Gasteiger partial charge in [-0.3, -0.25) is 0 Å². The summed E-state index contributed by atoms with van der Waals surface area (Å²) < 4.78 is 33.2. The van der Waals surface area contributed by atoms with Gasteiger partial charge in [0.1, 0.15) is 6.10 Å². The predicted octanol–water partition coefficient (Wildman–Crippen LogP) is 4.37. The van der Waals surface area contributed by atoms with Crippen molar-refractivity contribution in [3.8, 4) is 0 Å². The summed E-state index contributed by atoms with van der Waals surface area (Å²) in [4.78, 5) is 0. The van der Waals surface area contributed by atoms with Crippen LogP contribution in [0, 0.1) is 17.0 Å². The maximum atomic E-state index is 14.0. The maximum absolute atomic E-state index is 14.0. The molecule has 1 unspecified atom stereocenters. The Morgan fingerprint density at radius 3 is 2.38 bits per heavy atom. The molecular formula is C17H24F2O2. The summed E-state index contributed by atoms with van der Waals surface area (Å²) in [5.74, 6) is -1.91. The van der Waals surface area contributed by atoms with Crippen molar-refractivity contribution in [2.75, 3.05) is 6.61 Å². The summed E-state index contributed by atoms with van der Waals surface area (Å²) in [6, 6.07) is 3.91. The molecule has 118 valence electrons. The first kappa shape index (κ1) is 16.4. The van der Waals surface area contributed by atoms with E-state index in [1.807, 2.05) is 6.92 Å². The van der Waals surface area contributed by atoms with Gasteiger partial charge in [0.05, 0.1) is 5.60 Å². The van der Waals surface area contributed by atoms with Crippen LogP contribution in [0.3, 0.4) is 0 Å². The standard InChI is InChI=1S/C17H24F2O2/c1-4-21-17(10-8-16(2,3)9-11-17)15(20)12-6-5-7-13(18)14(12)19/h5-7,15,20H,4,8-11H2,1-3H3. The number of halogens is 2. The SMILES string of the molecule is CCOC1(C(O)c2cccc(F)c2F)CCC(C)(C)CC1. The molecule has 1 N–H and O–H groups in total. The van der Waals surface area contributed by atoms with Crippen LogP contribution in [0.4, 0.5) is 8.78 Å². The highest BCUT2D eigenvalue weighted by molar-refractivity contribution is 5.24. The zero-order chi connectivity index (χ0) is 15.7. The molecule has 0 heterocycles. The molecule has 4 heteroatoms. The zero-order valence-corrected chi connectivity index (χ0v) is 13.0. The normalized spacial score (nSPS) is 22.0. The fourth-order valence-corrected chi connectivity index (χ4v) is 3.15. The quantitative estimate of drug-likeness (QED) is 0.894. The molecule has 1 aliphatic rings. The third kappa shape index (κ3) is 3.27. The molecule has 0 aliphatic heterocycles. The van der Waals surface area contributed by atoms with E-state index in [-0.39, 0.29) is 11.0 Å². The van der Waals surface area contributed by atoms with Crippen molar-refractivity contribution < 1.29 is 18.6 Å². The van der Waals surface area contributed by atoms with Gasteiger partial charge in [-0.1, -0.05) is 26.0 Å². The third-order valence-electron chi connectivity index (χ3n) is 4.66. The molecule has 0 bridgehead atoms. The fourth-order valence-electron chi connectivity index (χ4n) is 3.15. The summed E-state index contributed by atoms with van der Waals surface area (Å²) in [7, 11) is 0. The topological polar surface area (TPSA) is 29.5 Å². The first-order chi connectivity index (χ1) is 9.81. The molecule has 1 fully saturated rings. The van der Waals surface area contributed by atoms with Crippen LogP contribution >= 0.6 is 0 Å². The second-order valence-corrected chi connectivity index (χ2v) is 6.71. The van der Waals surface area contributed by atoms with Crippen LogP contribution in [0.2, 0.25) is 0 Å². The van der Waals surface area contributed by atoms with E-state index in [1.165, 1.54) is 12.1 Å². The highest BCUT2D eigenvalue weighted by Crippen LogP contribution is 2.48. The van der Waals surface area contributed by atoms with Gasteiger partial charge in [0.15, 0.2) is 11.6 Å². The summed E-state index contributed by atoms with van der Waals surface area (Å²) in [5.41, 5.74) is -0.636. The van der Waals surface area contributed by atoms with Gasteiger partial charge in [-0.2, -0.15) is 0 Å². The summed E-state index contributed by atoms with van der Waals surface area (Å²) in [5, 5.41) is 10.7. The van der Waals surface area contributed by atoms with Crippen LogP contribution in [0.5, 0.6) is 0 Å². The number of aliphatic hydroxyl groups is 1. The van der Waals surface area contributed by atoms with Crippen molar-refractivity contribution >= 4 is 0 Å². The monoisotopic (exact) mass is 298 g/mol. The minimum atomic E-state index is -1.15. The highest BCUT2D eigenvalue weighted by Gasteiger charge is 2.45.